The lowest BCUT2D eigenvalue weighted by Crippen LogP contribution is -2.43. The maximum absolute atomic E-state index is 12.6. The average Bonchev–Trinajstić information content (AvgIpc) is 3.18. The van der Waals surface area contributed by atoms with Gasteiger partial charge in [0.2, 0.25) is 0 Å². The quantitative estimate of drug-likeness (QED) is 0.854. The number of hydrogen-bond acceptors (Lipinski definition) is 5. The Morgan fingerprint density at radius 1 is 1.36 bits per heavy atom. The third-order valence-electron chi connectivity index (χ3n) is 4.25. The lowest BCUT2D eigenvalue weighted by molar-refractivity contribution is 0.0883. The smallest absolute Gasteiger partial charge is 0.262 e. The molecular formula is C13H19N5O3S. The van der Waals surface area contributed by atoms with Gasteiger partial charge in [0.1, 0.15) is 0 Å². The Balaban J connectivity index is 1.82. The Morgan fingerprint density at radius 3 is 2.73 bits per heavy atom. The van der Waals surface area contributed by atoms with Crippen LogP contribution in [0.15, 0.2) is 36.3 Å². The number of aliphatic hydroxyl groups excluding tert-OH is 1. The molecule has 0 saturated heterocycles. The van der Waals surface area contributed by atoms with Gasteiger partial charge < -0.3 is 14.2 Å². The summed E-state index contributed by atoms with van der Waals surface area (Å²) in [6.45, 7) is 0. The molecule has 1 aliphatic rings. The molecule has 22 heavy (non-hydrogen) atoms. The number of rotatable bonds is 4. The van der Waals surface area contributed by atoms with Gasteiger partial charge in [-0.25, -0.2) is 18.4 Å². The third-order valence-corrected chi connectivity index (χ3v) is 6.01. The molecule has 0 bridgehead atoms. The number of imidazole rings is 2. The molecule has 120 valence electrons. The van der Waals surface area contributed by atoms with Crippen molar-refractivity contribution in [2.45, 2.75) is 36.1 Å². The summed E-state index contributed by atoms with van der Waals surface area (Å²) >= 11 is 0. The van der Waals surface area contributed by atoms with E-state index in [1.165, 1.54) is 23.9 Å². The average molecular weight is 325 g/mol. The first-order valence-corrected chi connectivity index (χ1v) is 8.47. The summed E-state index contributed by atoms with van der Waals surface area (Å²) in [6.07, 6.45) is 8.48. The first-order chi connectivity index (χ1) is 10.4. The van der Waals surface area contributed by atoms with Crippen LogP contribution in [0.25, 0.3) is 0 Å². The standard InChI is InChI=1S/C13H19N5O3S/c1-16-7-12(15-9-16)22(20,21)17(2)10-3-4-11(13(10)19)18-6-5-14-8-18/h5-11,13,19H,3-4H2,1-2H3/t10-,11-,13-/m1/s1. The molecule has 0 spiro atoms. The van der Waals surface area contributed by atoms with Gasteiger partial charge in [-0.3, -0.25) is 0 Å². The summed E-state index contributed by atoms with van der Waals surface area (Å²) < 4.78 is 29.8. The van der Waals surface area contributed by atoms with Crippen molar-refractivity contribution in [1.29, 1.82) is 0 Å². The molecule has 3 rings (SSSR count). The Labute approximate surface area is 129 Å². The van der Waals surface area contributed by atoms with Gasteiger partial charge >= 0.3 is 0 Å². The SMILES string of the molecule is CN([C@@H]1CC[C@@H](n2ccnc2)[C@@H]1O)S(=O)(=O)c1cn(C)cn1. The Bertz CT molecular complexity index is 740. The van der Waals surface area contributed by atoms with Gasteiger partial charge in [0.25, 0.3) is 10.0 Å². The van der Waals surface area contributed by atoms with Gasteiger partial charge in [-0.2, -0.15) is 4.31 Å². The van der Waals surface area contributed by atoms with Crippen molar-refractivity contribution in [3.05, 3.63) is 31.2 Å². The first kappa shape index (κ1) is 15.2. The molecule has 8 nitrogen and oxygen atoms in total. The second-order valence-electron chi connectivity index (χ2n) is 5.61. The number of aromatic nitrogens is 4. The van der Waals surface area contributed by atoms with E-state index in [1.807, 2.05) is 4.57 Å². The van der Waals surface area contributed by atoms with Crippen molar-refractivity contribution in [3.8, 4) is 0 Å². The Hall–Kier alpha value is -1.71. The fourth-order valence-electron chi connectivity index (χ4n) is 2.98. The van der Waals surface area contributed by atoms with Crippen molar-refractivity contribution in [2.24, 2.45) is 7.05 Å². The van der Waals surface area contributed by atoms with Crippen LogP contribution in [0.3, 0.4) is 0 Å². The van der Waals surface area contributed by atoms with Crippen LogP contribution in [0.1, 0.15) is 18.9 Å². The van der Waals surface area contributed by atoms with Crippen LogP contribution in [0.2, 0.25) is 0 Å². The van der Waals surface area contributed by atoms with Crippen LogP contribution >= 0.6 is 0 Å². The summed E-state index contributed by atoms with van der Waals surface area (Å²) in [4.78, 5) is 7.89. The van der Waals surface area contributed by atoms with Gasteiger partial charge in [-0.15, -0.1) is 0 Å². The Morgan fingerprint density at radius 2 is 2.14 bits per heavy atom. The van der Waals surface area contributed by atoms with Crippen molar-refractivity contribution < 1.29 is 13.5 Å². The zero-order chi connectivity index (χ0) is 15.9. The minimum absolute atomic E-state index is 0.00391. The molecule has 1 fully saturated rings. The van der Waals surface area contributed by atoms with Gasteiger partial charge in [0, 0.05) is 32.7 Å². The van der Waals surface area contributed by atoms with Crippen molar-refractivity contribution in [2.75, 3.05) is 7.05 Å². The predicted octanol–water partition coefficient (Wildman–Crippen LogP) is 0.00170. The summed E-state index contributed by atoms with van der Waals surface area (Å²) in [5.41, 5.74) is 0. The van der Waals surface area contributed by atoms with Crippen molar-refractivity contribution >= 4 is 10.0 Å². The molecule has 0 radical (unpaired) electrons. The van der Waals surface area contributed by atoms with Crippen molar-refractivity contribution in [3.63, 3.8) is 0 Å². The van der Waals surface area contributed by atoms with Gasteiger partial charge in [0.05, 0.1) is 30.8 Å². The van der Waals surface area contributed by atoms with E-state index >= 15 is 0 Å². The highest BCUT2D eigenvalue weighted by Gasteiger charge is 2.42. The lowest BCUT2D eigenvalue weighted by Gasteiger charge is -2.27. The number of sulfonamides is 1. The molecule has 0 amide bonds. The van der Waals surface area contributed by atoms with Crippen LogP contribution in [0.5, 0.6) is 0 Å². The normalized spacial score (nSPS) is 25.9. The lowest BCUT2D eigenvalue weighted by atomic mass is 10.2. The van der Waals surface area contributed by atoms with E-state index in [4.69, 9.17) is 0 Å². The highest BCUT2D eigenvalue weighted by molar-refractivity contribution is 7.89. The monoisotopic (exact) mass is 325 g/mol. The molecule has 0 unspecified atom stereocenters. The van der Waals surface area contributed by atoms with E-state index in [9.17, 15) is 13.5 Å². The van der Waals surface area contributed by atoms with E-state index in [-0.39, 0.29) is 11.1 Å². The first-order valence-electron chi connectivity index (χ1n) is 7.03. The van der Waals surface area contributed by atoms with Crippen LogP contribution < -0.4 is 0 Å². The number of aliphatic hydroxyl groups is 1. The summed E-state index contributed by atoms with van der Waals surface area (Å²) in [6, 6.07) is -0.631. The topological polar surface area (TPSA) is 93.3 Å². The van der Waals surface area contributed by atoms with Gasteiger partial charge in [0.15, 0.2) is 5.03 Å². The maximum Gasteiger partial charge on any atom is 0.262 e. The van der Waals surface area contributed by atoms with Crippen LogP contribution in [-0.2, 0) is 17.1 Å². The highest BCUT2D eigenvalue weighted by atomic mass is 32.2. The molecule has 1 saturated carbocycles. The summed E-state index contributed by atoms with van der Waals surface area (Å²) in [5.74, 6) is 0. The van der Waals surface area contributed by atoms with Gasteiger partial charge in [-0.05, 0) is 12.8 Å². The third kappa shape index (κ3) is 2.44. The second-order valence-corrected chi connectivity index (χ2v) is 7.56. The second kappa shape index (κ2) is 5.49. The molecule has 2 aromatic heterocycles. The molecule has 0 aliphatic heterocycles. The molecule has 9 heteroatoms. The molecule has 1 aliphatic carbocycles. The molecular weight excluding hydrogens is 306 g/mol. The number of nitrogens with zero attached hydrogens (tertiary/aromatic N) is 5. The van der Waals surface area contributed by atoms with Crippen LogP contribution in [-0.4, -0.2) is 56.1 Å². The van der Waals surface area contributed by atoms with Crippen molar-refractivity contribution in [1.82, 2.24) is 23.4 Å². The minimum Gasteiger partial charge on any atom is -0.389 e. The number of aryl methyl sites for hydroxylation is 1. The fourth-order valence-corrected chi connectivity index (χ4v) is 4.34. The zero-order valence-electron chi connectivity index (χ0n) is 12.4. The van der Waals surface area contributed by atoms with E-state index in [0.29, 0.717) is 12.8 Å². The molecule has 0 aromatic carbocycles. The number of likely N-dealkylation sites (N-methyl/N-ethyl adjacent to an activating group) is 1. The molecule has 3 atom stereocenters. The molecule has 1 N–H and O–H groups in total. The van der Waals surface area contributed by atoms with Gasteiger partial charge in [-0.1, -0.05) is 0 Å². The molecule has 2 aromatic rings. The summed E-state index contributed by atoms with van der Waals surface area (Å²) in [5, 5.41) is 10.5. The van der Waals surface area contributed by atoms with Crippen LogP contribution in [0.4, 0.5) is 0 Å². The zero-order valence-corrected chi connectivity index (χ0v) is 13.3. The largest absolute Gasteiger partial charge is 0.389 e. The predicted molar refractivity (Wildman–Crippen MR) is 78.4 cm³/mol. The summed E-state index contributed by atoms with van der Waals surface area (Å²) in [7, 11) is -0.502. The maximum atomic E-state index is 12.6. The molecule has 2 heterocycles. The van der Waals surface area contributed by atoms with E-state index in [0.717, 1.165) is 0 Å². The van der Waals surface area contributed by atoms with E-state index in [1.54, 1.807) is 30.3 Å². The Kier molecular flexibility index (Phi) is 3.79. The minimum atomic E-state index is -3.71. The fraction of sp³-hybridized carbons (Fsp3) is 0.538. The number of hydrogen-bond donors (Lipinski definition) is 1. The van der Waals surface area contributed by atoms with Crippen LogP contribution in [0, 0.1) is 0 Å². The highest BCUT2D eigenvalue weighted by Crippen LogP contribution is 2.34. The van der Waals surface area contributed by atoms with E-state index < -0.39 is 22.2 Å². The van der Waals surface area contributed by atoms with E-state index in [2.05, 4.69) is 9.97 Å².